The Morgan fingerprint density at radius 2 is 2.06 bits per heavy atom. The van der Waals surface area contributed by atoms with Crippen molar-refractivity contribution >= 4 is 9.84 Å². The van der Waals surface area contributed by atoms with E-state index < -0.39 is 9.84 Å². The quantitative estimate of drug-likeness (QED) is 0.886. The Kier molecular flexibility index (Phi) is 4.37. The van der Waals surface area contributed by atoms with Gasteiger partial charge in [0.1, 0.15) is 0 Å². The minimum Gasteiger partial charge on any atom is -0.379 e. The Balaban J connectivity index is 1.90. The van der Waals surface area contributed by atoms with Crippen molar-refractivity contribution in [1.82, 2.24) is 5.32 Å². The fraction of sp³-hybridized carbons (Fsp3) is 0.538. The van der Waals surface area contributed by atoms with Crippen molar-refractivity contribution in [3.05, 3.63) is 29.8 Å². The van der Waals surface area contributed by atoms with Crippen molar-refractivity contribution in [2.45, 2.75) is 23.8 Å². The highest BCUT2D eigenvalue weighted by Gasteiger charge is 2.12. The molecule has 1 aromatic carbocycles. The molecule has 2 rings (SSSR count). The van der Waals surface area contributed by atoms with Gasteiger partial charge >= 0.3 is 0 Å². The molecule has 1 heterocycles. The van der Waals surface area contributed by atoms with Crippen molar-refractivity contribution in [2.75, 3.05) is 26.0 Å². The van der Waals surface area contributed by atoms with Gasteiger partial charge in [0.2, 0.25) is 0 Å². The van der Waals surface area contributed by atoms with Crippen LogP contribution in [0.25, 0.3) is 0 Å². The fourth-order valence-electron chi connectivity index (χ4n) is 2.05. The standard InChI is InChI=1S/C13H19NO3S/c1-18(15,16)13-6-3-11(4-7-13)2-5-12-10-17-9-8-14-12/h3-4,6-7,12,14H,2,5,8-10H2,1H3. The van der Waals surface area contributed by atoms with Crippen molar-refractivity contribution in [3.8, 4) is 0 Å². The lowest BCUT2D eigenvalue weighted by atomic mass is 10.1. The van der Waals surface area contributed by atoms with Gasteiger partial charge in [0.05, 0.1) is 18.1 Å². The summed E-state index contributed by atoms with van der Waals surface area (Å²) in [7, 11) is -3.09. The third kappa shape index (κ3) is 3.80. The maximum absolute atomic E-state index is 11.3. The number of aryl methyl sites for hydroxylation is 1. The minimum absolute atomic E-state index is 0.380. The molecule has 1 aliphatic heterocycles. The van der Waals surface area contributed by atoms with Gasteiger partial charge in [-0.3, -0.25) is 0 Å². The topological polar surface area (TPSA) is 55.4 Å². The third-order valence-corrected chi connectivity index (χ3v) is 4.26. The van der Waals surface area contributed by atoms with E-state index in [1.165, 1.54) is 6.26 Å². The number of benzene rings is 1. The molecule has 100 valence electrons. The third-order valence-electron chi connectivity index (χ3n) is 3.13. The molecule has 0 spiro atoms. The van der Waals surface area contributed by atoms with Gasteiger partial charge in [-0.1, -0.05) is 12.1 Å². The van der Waals surface area contributed by atoms with Gasteiger partial charge < -0.3 is 10.1 Å². The van der Waals surface area contributed by atoms with Crippen LogP contribution in [0.4, 0.5) is 0 Å². The van der Waals surface area contributed by atoms with Gasteiger partial charge in [-0.15, -0.1) is 0 Å². The van der Waals surface area contributed by atoms with E-state index in [0.29, 0.717) is 10.9 Å². The van der Waals surface area contributed by atoms with Crippen LogP contribution >= 0.6 is 0 Å². The highest BCUT2D eigenvalue weighted by atomic mass is 32.2. The summed E-state index contributed by atoms with van der Waals surface area (Å²) in [4.78, 5) is 0.380. The van der Waals surface area contributed by atoms with Gasteiger partial charge in [0.15, 0.2) is 9.84 Å². The summed E-state index contributed by atoms with van der Waals surface area (Å²) in [5.41, 5.74) is 1.16. The predicted octanol–water partition coefficient (Wildman–Crippen LogP) is 1.01. The molecular weight excluding hydrogens is 250 g/mol. The van der Waals surface area contributed by atoms with E-state index in [-0.39, 0.29) is 0 Å². The van der Waals surface area contributed by atoms with Crippen molar-refractivity contribution in [2.24, 2.45) is 0 Å². The van der Waals surface area contributed by atoms with Crippen molar-refractivity contribution in [3.63, 3.8) is 0 Å². The van der Waals surface area contributed by atoms with Gasteiger partial charge in [-0.2, -0.15) is 0 Å². The number of nitrogens with one attached hydrogen (secondary N) is 1. The fourth-order valence-corrected chi connectivity index (χ4v) is 2.68. The summed E-state index contributed by atoms with van der Waals surface area (Å²) in [5.74, 6) is 0. The summed E-state index contributed by atoms with van der Waals surface area (Å²) in [5, 5.41) is 3.40. The number of rotatable bonds is 4. The molecule has 1 aromatic rings. The molecule has 4 nitrogen and oxygen atoms in total. The first-order valence-electron chi connectivity index (χ1n) is 6.16. The van der Waals surface area contributed by atoms with Gasteiger partial charge in [-0.25, -0.2) is 8.42 Å². The lowest BCUT2D eigenvalue weighted by Gasteiger charge is -2.23. The molecule has 18 heavy (non-hydrogen) atoms. The average molecular weight is 269 g/mol. The highest BCUT2D eigenvalue weighted by molar-refractivity contribution is 7.90. The van der Waals surface area contributed by atoms with Crippen LogP contribution in [0, 0.1) is 0 Å². The number of sulfone groups is 1. The van der Waals surface area contributed by atoms with Gasteiger partial charge in [0.25, 0.3) is 0 Å². The molecule has 0 aliphatic carbocycles. The van der Waals surface area contributed by atoms with Gasteiger partial charge in [0, 0.05) is 18.8 Å². The Morgan fingerprint density at radius 3 is 2.61 bits per heavy atom. The van der Waals surface area contributed by atoms with Crippen LogP contribution in [0.2, 0.25) is 0 Å². The zero-order chi connectivity index (χ0) is 13.0. The van der Waals surface area contributed by atoms with Crippen LogP contribution in [0.1, 0.15) is 12.0 Å². The Bertz CT molecular complexity index is 475. The molecule has 5 heteroatoms. The predicted molar refractivity (Wildman–Crippen MR) is 70.5 cm³/mol. The van der Waals surface area contributed by atoms with E-state index in [4.69, 9.17) is 4.74 Å². The number of hydrogen-bond donors (Lipinski definition) is 1. The molecule has 1 N–H and O–H groups in total. The maximum Gasteiger partial charge on any atom is 0.175 e. The first kappa shape index (κ1) is 13.5. The summed E-state index contributed by atoms with van der Waals surface area (Å²) in [6.07, 6.45) is 3.18. The number of hydrogen-bond acceptors (Lipinski definition) is 4. The van der Waals surface area contributed by atoms with Crippen LogP contribution < -0.4 is 5.32 Å². The number of morpholine rings is 1. The lowest BCUT2D eigenvalue weighted by Crippen LogP contribution is -2.41. The second-order valence-corrected chi connectivity index (χ2v) is 6.70. The summed E-state index contributed by atoms with van der Waals surface area (Å²) >= 11 is 0. The summed E-state index contributed by atoms with van der Waals surface area (Å²) < 4.78 is 28.0. The van der Waals surface area contributed by atoms with Crippen LogP contribution in [-0.2, 0) is 21.0 Å². The maximum atomic E-state index is 11.3. The Morgan fingerprint density at radius 1 is 1.33 bits per heavy atom. The smallest absolute Gasteiger partial charge is 0.175 e. The average Bonchev–Trinajstić information content (AvgIpc) is 2.37. The largest absolute Gasteiger partial charge is 0.379 e. The lowest BCUT2D eigenvalue weighted by molar-refractivity contribution is 0.0743. The molecule has 1 saturated heterocycles. The van der Waals surface area contributed by atoms with Gasteiger partial charge in [-0.05, 0) is 30.5 Å². The SMILES string of the molecule is CS(=O)(=O)c1ccc(CCC2COCCN2)cc1. The van der Waals surface area contributed by atoms with Crippen LogP contribution in [-0.4, -0.2) is 40.5 Å². The first-order valence-corrected chi connectivity index (χ1v) is 8.05. The summed E-state index contributed by atoms with van der Waals surface area (Å²) in [6.45, 7) is 2.47. The van der Waals surface area contributed by atoms with Crippen molar-refractivity contribution in [1.29, 1.82) is 0 Å². The van der Waals surface area contributed by atoms with E-state index in [1.54, 1.807) is 12.1 Å². The molecule has 0 amide bonds. The second kappa shape index (κ2) is 5.82. The van der Waals surface area contributed by atoms with Crippen LogP contribution in [0.3, 0.4) is 0 Å². The van der Waals surface area contributed by atoms with E-state index in [1.807, 2.05) is 12.1 Å². The van der Waals surface area contributed by atoms with E-state index in [0.717, 1.165) is 38.2 Å². The molecular formula is C13H19NO3S. The molecule has 0 aromatic heterocycles. The Labute approximate surface area is 108 Å². The summed E-state index contributed by atoms with van der Waals surface area (Å²) in [6, 6.07) is 7.54. The normalized spacial score (nSPS) is 20.8. The first-order chi connectivity index (χ1) is 8.55. The zero-order valence-electron chi connectivity index (χ0n) is 10.6. The van der Waals surface area contributed by atoms with Crippen LogP contribution in [0.15, 0.2) is 29.2 Å². The van der Waals surface area contributed by atoms with E-state index >= 15 is 0 Å². The van der Waals surface area contributed by atoms with Crippen LogP contribution in [0.5, 0.6) is 0 Å². The Hall–Kier alpha value is -0.910. The molecule has 0 bridgehead atoms. The van der Waals surface area contributed by atoms with E-state index in [9.17, 15) is 8.42 Å². The molecule has 0 radical (unpaired) electrons. The molecule has 1 atom stereocenters. The zero-order valence-corrected chi connectivity index (χ0v) is 11.4. The molecule has 0 saturated carbocycles. The monoisotopic (exact) mass is 269 g/mol. The molecule has 1 aliphatic rings. The number of ether oxygens (including phenoxy) is 1. The van der Waals surface area contributed by atoms with E-state index in [2.05, 4.69) is 5.32 Å². The highest BCUT2D eigenvalue weighted by Crippen LogP contribution is 2.12. The minimum atomic E-state index is -3.09. The molecule has 1 unspecified atom stereocenters. The second-order valence-electron chi connectivity index (χ2n) is 4.68. The van der Waals surface area contributed by atoms with Crippen molar-refractivity contribution < 1.29 is 13.2 Å². The molecule has 1 fully saturated rings.